The maximum absolute atomic E-state index is 12.5. The van der Waals surface area contributed by atoms with Crippen LogP contribution >= 0.6 is 0 Å². The summed E-state index contributed by atoms with van der Waals surface area (Å²) in [6.07, 6.45) is 1.55. The lowest BCUT2D eigenvalue weighted by Crippen LogP contribution is -2.54. The van der Waals surface area contributed by atoms with Gasteiger partial charge in [0.15, 0.2) is 0 Å². The molecular formula is C19H29N5O3. The highest BCUT2D eigenvalue weighted by molar-refractivity contribution is 5.94. The van der Waals surface area contributed by atoms with Crippen molar-refractivity contribution in [1.82, 2.24) is 25.0 Å². The molecule has 2 heterocycles. The average Bonchev–Trinajstić information content (AvgIpc) is 2.60. The number of hydrogen-bond donors (Lipinski definition) is 1. The molecule has 8 nitrogen and oxygen atoms in total. The van der Waals surface area contributed by atoms with Crippen LogP contribution in [0.2, 0.25) is 0 Å². The van der Waals surface area contributed by atoms with Gasteiger partial charge in [0.2, 0.25) is 11.8 Å². The van der Waals surface area contributed by atoms with Crippen LogP contribution in [-0.4, -0.2) is 89.3 Å². The largest absolute Gasteiger partial charge is 0.350 e. The third-order valence-corrected chi connectivity index (χ3v) is 4.21. The number of likely N-dealkylation sites (N-methyl/N-ethyl adjacent to an activating group) is 1. The van der Waals surface area contributed by atoms with Crippen LogP contribution in [0.15, 0.2) is 24.4 Å². The molecular weight excluding hydrogens is 346 g/mol. The van der Waals surface area contributed by atoms with Crippen LogP contribution in [0.5, 0.6) is 0 Å². The van der Waals surface area contributed by atoms with Gasteiger partial charge in [0.05, 0.1) is 13.1 Å². The SMILES string of the molecule is CN(CC(=O)N1CCN(CC(=O)NC(C)(C)C)CC1)C(=O)c1ccccn1. The summed E-state index contributed by atoms with van der Waals surface area (Å²) in [7, 11) is 1.60. The summed E-state index contributed by atoms with van der Waals surface area (Å²) < 4.78 is 0. The van der Waals surface area contributed by atoms with Gasteiger partial charge in [-0.15, -0.1) is 0 Å². The van der Waals surface area contributed by atoms with Crippen molar-refractivity contribution in [1.29, 1.82) is 0 Å². The topological polar surface area (TPSA) is 85.9 Å². The fraction of sp³-hybridized carbons (Fsp3) is 0.579. The van der Waals surface area contributed by atoms with Gasteiger partial charge in [0.1, 0.15) is 5.69 Å². The zero-order valence-electron chi connectivity index (χ0n) is 16.6. The van der Waals surface area contributed by atoms with Crippen molar-refractivity contribution >= 4 is 17.7 Å². The number of carbonyl (C=O) groups excluding carboxylic acids is 3. The monoisotopic (exact) mass is 375 g/mol. The average molecular weight is 375 g/mol. The van der Waals surface area contributed by atoms with E-state index < -0.39 is 0 Å². The molecule has 3 amide bonds. The van der Waals surface area contributed by atoms with Crippen molar-refractivity contribution < 1.29 is 14.4 Å². The van der Waals surface area contributed by atoms with E-state index in [9.17, 15) is 14.4 Å². The Morgan fingerprint density at radius 1 is 1.15 bits per heavy atom. The van der Waals surface area contributed by atoms with E-state index in [4.69, 9.17) is 0 Å². The maximum Gasteiger partial charge on any atom is 0.272 e. The molecule has 1 aromatic rings. The van der Waals surface area contributed by atoms with Crippen molar-refractivity contribution in [3.63, 3.8) is 0 Å². The second kappa shape index (κ2) is 8.94. The van der Waals surface area contributed by atoms with Gasteiger partial charge in [-0.3, -0.25) is 24.3 Å². The van der Waals surface area contributed by atoms with E-state index in [0.29, 0.717) is 38.4 Å². The molecule has 1 N–H and O–H groups in total. The fourth-order valence-electron chi connectivity index (χ4n) is 2.88. The van der Waals surface area contributed by atoms with Crippen molar-refractivity contribution in [2.45, 2.75) is 26.3 Å². The quantitative estimate of drug-likeness (QED) is 0.795. The van der Waals surface area contributed by atoms with Crippen LogP contribution in [0.4, 0.5) is 0 Å². The Bertz CT molecular complexity index is 664. The highest BCUT2D eigenvalue weighted by Gasteiger charge is 2.25. The Hall–Kier alpha value is -2.48. The highest BCUT2D eigenvalue weighted by Crippen LogP contribution is 2.06. The van der Waals surface area contributed by atoms with Gasteiger partial charge in [-0.2, -0.15) is 0 Å². The molecule has 0 radical (unpaired) electrons. The normalized spacial score (nSPS) is 15.3. The Kier molecular flexibility index (Phi) is 6.90. The van der Waals surface area contributed by atoms with Crippen molar-refractivity contribution in [3.8, 4) is 0 Å². The van der Waals surface area contributed by atoms with E-state index in [1.807, 2.05) is 25.7 Å². The number of amides is 3. The van der Waals surface area contributed by atoms with E-state index in [1.54, 1.807) is 36.3 Å². The molecule has 27 heavy (non-hydrogen) atoms. The van der Waals surface area contributed by atoms with Gasteiger partial charge >= 0.3 is 0 Å². The minimum atomic E-state index is -0.276. The zero-order valence-corrected chi connectivity index (χ0v) is 16.6. The van der Waals surface area contributed by atoms with Crippen LogP contribution in [-0.2, 0) is 9.59 Å². The van der Waals surface area contributed by atoms with Crippen LogP contribution in [0.1, 0.15) is 31.3 Å². The van der Waals surface area contributed by atoms with Gasteiger partial charge in [-0.1, -0.05) is 6.07 Å². The third kappa shape index (κ3) is 6.63. The molecule has 0 spiro atoms. The number of aromatic nitrogens is 1. The minimum Gasteiger partial charge on any atom is -0.350 e. The van der Waals surface area contributed by atoms with Crippen LogP contribution in [0.3, 0.4) is 0 Å². The smallest absolute Gasteiger partial charge is 0.272 e. The maximum atomic E-state index is 12.5. The second-order valence-electron chi connectivity index (χ2n) is 7.83. The first-order valence-electron chi connectivity index (χ1n) is 9.13. The van der Waals surface area contributed by atoms with E-state index in [-0.39, 0.29) is 29.8 Å². The summed E-state index contributed by atoms with van der Waals surface area (Å²) in [5, 5.41) is 2.94. The summed E-state index contributed by atoms with van der Waals surface area (Å²) in [5.74, 6) is -0.384. The van der Waals surface area contributed by atoms with E-state index >= 15 is 0 Å². The van der Waals surface area contributed by atoms with Crippen LogP contribution in [0, 0.1) is 0 Å². The van der Waals surface area contributed by atoms with Gasteiger partial charge in [-0.25, -0.2) is 0 Å². The minimum absolute atomic E-state index is 0.0111. The molecule has 0 saturated carbocycles. The molecule has 2 rings (SSSR count). The molecule has 1 aromatic heterocycles. The number of rotatable bonds is 5. The number of nitrogens with one attached hydrogen (secondary N) is 1. The summed E-state index contributed by atoms with van der Waals surface area (Å²) in [6.45, 7) is 8.57. The van der Waals surface area contributed by atoms with E-state index in [0.717, 1.165) is 0 Å². The van der Waals surface area contributed by atoms with Gasteiger partial charge in [0.25, 0.3) is 5.91 Å². The van der Waals surface area contributed by atoms with Crippen molar-refractivity contribution in [2.75, 3.05) is 46.3 Å². The molecule has 1 saturated heterocycles. The molecule has 0 atom stereocenters. The predicted molar refractivity (Wildman–Crippen MR) is 102 cm³/mol. The lowest BCUT2D eigenvalue weighted by atomic mass is 10.1. The molecule has 1 aliphatic rings. The summed E-state index contributed by atoms with van der Waals surface area (Å²) >= 11 is 0. The van der Waals surface area contributed by atoms with Crippen molar-refractivity contribution in [2.24, 2.45) is 0 Å². The summed E-state index contributed by atoms with van der Waals surface area (Å²) in [5.41, 5.74) is 0.0713. The number of nitrogens with zero attached hydrogens (tertiary/aromatic N) is 4. The molecule has 1 fully saturated rings. The standard InChI is InChI=1S/C19H29N5O3/c1-19(2,3)21-16(25)13-23-9-11-24(12-10-23)17(26)14-22(4)18(27)15-7-5-6-8-20-15/h5-8H,9-14H2,1-4H3,(H,21,25). The number of hydrogen-bond acceptors (Lipinski definition) is 5. The first kappa shape index (κ1) is 20.8. The summed E-state index contributed by atoms with van der Waals surface area (Å²) in [4.78, 5) is 46.0. The summed E-state index contributed by atoms with van der Waals surface area (Å²) in [6, 6.07) is 5.11. The first-order valence-corrected chi connectivity index (χ1v) is 9.13. The molecule has 1 aliphatic heterocycles. The fourth-order valence-corrected chi connectivity index (χ4v) is 2.88. The molecule has 148 valence electrons. The number of piperazine rings is 1. The van der Waals surface area contributed by atoms with E-state index in [1.165, 1.54) is 4.90 Å². The van der Waals surface area contributed by atoms with Gasteiger partial charge in [0, 0.05) is 45.0 Å². The lowest BCUT2D eigenvalue weighted by molar-refractivity contribution is -0.133. The molecule has 0 unspecified atom stereocenters. The van der Waals surface area contributed by atoms with E-state index in [2.05, 4.69) is 10.3 Å². The molecule has 8 heteroatoms. The first-order chi connectivity index (χ1) is 12.7. The third-order valence-electron chi connectivity index (χ3n) is 4.21. The molecule has 0 bridgehead atoms. The second-order valence-corrected chi connectivity index (χ2v) is 7.83. The van der Waals surface area contributed by atoms with Gasteiger partial charge in [-0.05, 0) is 32.9 Å². The highest BCUT2D eigenvalue weighted by atomic mass is 16.2. The molecule has 0 aromatic carbocycles. The Balaban J connectivity index is 1.77. The lowest BCUT2D eigenvalue weighted by Gasteiger charge is -2.35. The predicted octanol–water partition coefficient (Wildman–Crippen LogP) is 0.213. The Labute approximate surface area is 160 Å². The van der Waals surface area contributed by atoms with Crippen molar-refractivity contribution in [3.05, 3.63) is 30.1 Å². The number of carbonyl (C=O) groups is 3. The Morgan fingerprint density at radius 2 is 1.81 bits per heavy atom. The van der Waals surface area contributed by atoms with Crippen LogP contribution in [0.25, 0.3) is 0 Å². The Morgan fingerprint density at radius 3 is 2.37 bits per heavy atom. The van der Waals surface area contributed by atoms with Gasteiger partial charge < -0.3 is 15.1 Å². The number of pyridine rings is 1. The zero-order chi connectivity index (χ0) is 20.0. The van der Waals surface area contributed by atoms with Crippen LogP contribution < -0.4 is 5.32 Å². The molecule has 0 aliphatic carbocycles.